The third-order valence-electron chi connectivity index (χ3n) is 3.06. The van der Waals surface area contributed by atoms with E-state index < -0.39 is 23.6 Å². The number of amides is 2. The largest absolute Gasteiger partial charge is 0.444 e. The highest BCUT2D eigenvalue weighted by atomic mass is 32.2. The Morgan fingerprint density at radius 2 is 1.89 bits per heavy atom. The number of hydrogen-bond acceptors (Lipinski definition) is 5. The van der Waals surface area contributed by atoms with Crippen molar-refractivity contribution in [2.24, 2.45) is 5.73 Å². The van der Waals surface area contributed by atoms with Crippen LogP contribution < -0.4 is 5.73 Å². The molecule has 0 aliphatic carbocycles. The van der Waals surface area contributed by atoms with Gasteiger partial charge >= 0.3 is 6.09 Å². The van der Waals surface area contributed by atoms with E-state index >= 15 is 0 Å². The molecule has 1 atom stereocenters. The van der Waals surface area contributed by atoms with Crippen molar-refractivity contribution < 1.29 is 14.3 Å². The lowest BCUT2D eigenvalue weighted by molar-refractivity contribution is -0.122. The third-order valence-corrected chi connectivity index (χ3v) is 6.49. The van der Waals surface area contributed by atoms with Gasteiger partial charge in [0.25, 0.3) is 0 Å². The van der Waals surface area contributed by atoms with E-state index in [-0.39, 0.29) is 4.08 Å². The summed E-state index contributed by atoms with van der Waals surface area (Å²) in [6.45, 7) is 5.98. The Morgan fingerprint density at radius 3 is 2.37 bits per heavy atom. The molecule has 108 valence electrons. The van der Waals surface area contributed by atoms with Gasteiger partial charge < -0.3 is 10.5 Å². The van der Waals surface area contributed by atoms with Gasteiger partial charge in [-0.25, -0.2) is 4.79 Å². The van der Waals surface area contributed by atoms with Crippen LogP contribution in [0.3, 0.4) is 0 Å². The summed E-state index contributed by atoms with van der Waals surface area (Å²) in [6, 6.07) is -0.548. The average molecular weight is 304 g/mol. The summed E-state index contributed by atoms with van der Waals surface area (Å²) >= 11 is 3.64. The van der Waals surface area contributed by atoms with Gasteiger partial charge in [-0.3, -0.25) is 9.69 Å². The second-order valence-electron chi connectivity index (χ2n) is 5.84. The summed E-state index contributed by atoms with van der Waals surface area (Å²) < 4.78 is 5.29. The standard InChI is InChI=1S/C12H20N2O3S2/c1-11(2,3)17-10(16)14-7-12(18-4-5-19-12)6-8(14)9(13)15/h8H,4-7H2,1-3H3,(H2,13,15). The highest BCUT2D eigenvalue weighted by Crippen LogP contribution is 2.51. The van der Waals surface area contributed by atoms with Gasteiger partial charge in [-0.1, -0.05) is 0 Å². The molecule has 2 amide bonds. The molecule has 2 aliphatic rings. The predicted octanol–water partition coefficient (Wildman–Crippen LogP) is 1.66. The lowest BCUT2D eigenvalue weighted by Crippen LogP contribution is -2.46. The molecule has 0 bridgehead atoms. The van der Waals surface area contributed by atoms with Crippen molar-refractivity contribution >= 4 is 35.5 Å². The fourth-order valence-electron chi connectivity index (χ4n) is 2.31. The monoisotopic (exact) mass is 304 g/mol. The highest BCUT2D eigenvalue weighted by Gasteiger charge is 2.51. The number of primary amides is 1. The molecule has 2 fully saturated rings. The Bertz CT molecular complexity index is 389. The van der Waals surface area contributed by atoms with E-state index in [9.17, 15) is 9.59 Å². The van der Waals surface area contributed by atoms with Gasteiger partial charge in [-0.15, -0.1) is 23.5 Å². The summed E-state index contributed by atoms with van der Waals surface area (Å²) in [6.07, 6.45) is 0.179. The van der Waals surface area contributed by atoms with Crippen molar-refractivity contribution in [3.8, 4) is 0 Å². The van der Waals surface area contributed by atoms with Crippen molar-refractivity contribution in [1.82, 2.24) is 4.90 Å². The fraction of sp³-hybridized carbons (Fsp3) is 0.833. The van der Waals surface area contributed by atoms with Crippen LogP contribution in [0.15, 0.2) is 0 Å². The summed E-state index contributed by atoms with van der Waals surface area (Å²) in [5, 5.41) is 0. The third kappa shape index (κ3) is 3.31. The molecule has 0 aromatic heterocycles. The molecule has 19 heavy (non-hydrogen) atoms. The molecule has 0 aromatic carbocycles. The average Bonchev–Trinajstić information content (AvgIpc) is 2.84. The molecule has 2 heterocycles. The quantitative estimate of drug-likeness (QED) is 0.797. The second-order valence-corrected chi connectivity index (χ2v) is 9.05. The molecule has 5 nitrogen and oxygen atoms in total. The van der Waals surface area contributed by atoms with Gasteiger partial charge in [0.15, 0.2) is 0 Å². The topological polar surface area (TPSA) is 72.6 Å². The molecule has 0 radical (unpaired) electrons. The van der Waals surface area contributed by atoms with Crippen LogP contribution in [0.1, 0.15) is 27.2 Å². The number of ether oxygens (including phenoxy) is 1. The van der Waals surface area contributed by atoms with Crippen molar-refractivity contribution in [3.05, 3.63) is 0 Å². The van der Waals surface area contributed by atoms with Gasteiger partial charge in [0.2, 0.25) is 5.91 Å². The van der Waals surface area contributed by atoms with Crippen LogP contribution in [0.5, 0.6) is 0 Å². The van der Waals surface area contributed by atoms with E-state index in [4.69, 9.17) is 10.5 Å². The van der Waals surface area contributed by atoms with E-state index in [1.54, 1.807) is 0 Å². The molecular weight excluding hydrogens is 284 g/mol. The van der Waals surface area contributed by atoms with Crippen molar-refractivity contribution in [2.75, 3.05) is 18.1 Å². The number of rotatable bonds is 1. The van der Waals surface area contributed by atoms with Gasteiger partial charge in [0, 0.05) is 24.5 Å². The van der Waals surface area contributed by atoms with Gasteiger partial charge in [-0.2, -0.15) is 0 Å². The summed E-state index contributed by atoms with van der Waals surface area (Å²) in [4.78, 5) is 25.3. The molecule has 0 saturated carbocycles. The zero-order valence-corrected chi connectivity index (χ0v) is 13.1. The molecule has 2 N–H and O–H groups in total. The molecule has 2 aliphatic heterocycles. The zero-order valence-electron chi connectivity index (χ0n) is 11.5. The van der Waals surface area contributed by atoms with E-state index in [2.05, 4.69) is 0 Å². The van der Waals surface area contributed by atoms with Crippen LogP contribution in [-0.2, 0) is 9.53 Å². The minimum atomic E-state index is -0.564. The lowest BCUT2D eigenvalue weighted by Gasteiger charge is -2.27. The fourth-order valence-corrected chi connectivity index (χ4v) is 5.57. The number of nitrogens with zero attached hydrogens (tertiary/aromatic N) is 1. The number of carbonyl (C=O) groups is 2. The van der Waals surface area contributed by atoms with Crippen molar-refractivity contribution in [3.63, 3.8) is 0 Å². The first-order chi connectivity index (χ1) is 8.72. The second kappa shape index (κ2) is 5.09. The van der Waals surface area contributed by atoms with E-state index in [0.717, 1.165) is 11.5 Å². The molecular formula is C12H20N2O3S2. The SMILES string of the molecule is CC(C)(C)OC(=O)N1CC2(CC1C(N)=O)SCCS2. The Kier molecular flexibility index (Phi) is 3.97. The van der Waals surface area contributed by atoms with Crippen LogP contribution >= 0.6 is 23.5 Å². The predicted molar refractivity (Wildman–Crippen MR) is 78.2 cm³/mol. The van der Waals surface area contributed by atoms with Gasteiger partial charge in [0.1, 0.15) is 11.6 Å². The van der Waals surface area contributed by atoms with Gasteiger partial charge in [0.05, 0.1) is 4.08 Å². The van der Waals surface area contributed by atoms with Crippen LogP contribution in [0.25, 0.3) is 0 Å². The minimum absolute atomic E-state index is 0.0728. The molecule has 7 heteroatoms. The highest BCUT2D eigenvalue weighted by molar-refractivity contribution is 8.21. The molecule has 2 saturated heterocycles. The number of thioether (sulfide) groups is 2. The first kappa shape index (κ1) is 14.8. The maximum absolute atomic E-state index is 12.2. The van der Waals surface area contributed by atoms with Crippen LogP contribution in [0.4, 0.5) is 4.79 Å². The molecule has 2 rings (SSSR count). The Balaban J connectivity index is 2.13. The number of nitrogens with two attached hydrogens (primary N) is 1. The Hall–Kier alpha value is -0.560. The summed E-state index contributed by atoms with van der Waals surface area (Å²) in [5.74, 6) is 1.66. The number of likely N-dealkylation sites (tertiary alicyclic amines) is 1. The first-order valence-corrected chi connectivity index (χ1v) is 8.26. The first-order valence-electron chi connectivity index (χ1n) is 6.29. The van der Waals surface area contributed by atoms with Crippen LogP contribution in [0.2, 0.25) is 0 Å². The number of carbonyl (C=O) groups excluding carboxylic acids is 2. The van der Waals surface area contributed by atoms with Crippen LogP contribution in [-0.4, -0.2) is 50.7 Å². The molecule has 1 spiro atoms. The van der Waals surface area contributed by atoms with Gasteiger partial charge in [-0.05, 0) is 20.8 Å². The summed E-state index contributed by atoms with van der Waals surface area (Å²) in [5.41, 5.74) is 4.87. The van der Waals surface area contributed by atoms with E-state index in [1.807, 2.05) is 44.3 Å². The van der Waals surface area contributed by atoms with E-state index in [1.165, 1.54) is 4.90 Å². The maximum atomic E-state index is 12.2. The Labute approximate surface area is 122 Å². The van der Waals surface area contributed by atoms with E-state index in [0.29, 0.717) is 13.0 Å². The maximum Gasteiger partial charge on any atom is 0.411 e. The number of hydrogen-bond donors (Lipinski definition) is 1. The molecule has 0 aromatic rings. The zero-order chi connectivity index (χ0) is 14.3. The molecule has 1 unspecified atom stereocenters. The van der Waals surface area contributed by atoms with Crippen molar-refractivity contribution in [2.45, 2.75) is 42.9 Å². The Morgan fingerprint density at radius 1 is 1.32 bits per heavy atom. The lowest BCUT2D eigenvalue weighted by atomic mass is 10.2. The smallest absolute Gasteiger partial charge is 0.411 e. The normalized spacial score (nSPS) is 25.8. The summed E-state index contributed by atoms with van der Waals surface area (Å²) in [7, 11) is 0. The van der Waals surface area contributed by atoms with Crippen LogP contribution in [0, 0.1) is 0 Å². The minimum Gasteiger partial charge on any atom is -0.444 e. The van der Waals surface area contributed by atoms with Crippen molar-refractivity contribution in [1.29, 1.82) is 0 Å².